The predicted octanol–water partition coefficient (Wildman–Crippen LogP) is 0.700. The summed E-state index contributed by atoms with van der Waals surface area (Å²) < 4.78 is 1.92. The van der Waals surface area contributed by atoms with Crippen molar-refractivity contribution in [1.29, 1.82) is 0 Å². The fourth-order valence-corrected chi connectivity index (χ4v) is 1.61. The van der Waals surface area contributed by atoms with Crippen LogP contribution < -0.4 is 5.32 Å². The van der Waals surface area contributed by atoms with Crippen molar-refractivity contribution in [2.45, 2.75) is 26.2 Å². The van der Waals surface area contributed by atoms with Gasteiger partial charge < -0.3 is 5.32 Å². The van der Waals surface area contributed by atoms with E-state index < -0.39 is 0 Å². The first-order valence-electron chi connectivity index (χ1n) is 5.27. The maximum atomic E-state index is 4.56. The quantitative estimate of drug-likeness (QED) is 0.770. The molecule has 1 fully saturated rings. The molecule has 2 rings (SSSR count). The van der Waals surface area contributed by atoms with Gasteiger partial charge in [-0.05, 0) is 19.0 Å². The lowest BCUT2D eigenvalue weighted by atomic mass is 9.99. The first-order chi connectivity index (χ1) is 6.66. The molecule has 0 radical (unpaired) electrons. The number of nitrogens with zero attached hydrogens (tertiary/aromatic N) is 3. The third kappa shape index (κ3) is 1.80. The minimum atomic E-state index is 0.425. The Kier molecular flexibility index (Phi) is 2.54. The van der Waals surface area contributed by atoms with Crippen LogP contribution in [0, 0.1) is 5.92 Å². The summed E-state index contributed by atoms with van der Waals surface area (Å²) in [4.78, 5) is 4.56. The van der Waals surface area contributed by atoms with Gasteiger partial charge in [0, 0.05) is 19.4 Å². The first-order valence-corrected chi connectivity index (χ1v) is 5.27. The summed E-state index contributed by atoms with van der Waals surface area (Å²) in [6, 6.07) is 0. The topological polar surface area (TPSA) is 42.7 Å². The van der Waals surface area contributed by atoms with Crippen molar-refractivity contribution in [2.75, 3.05) is 13.1 Å². The molecule has 0 amide bonds. The third-order valence-corrected chi connectivity index (χ3v) is 2.72. The maximum Gasteiger partial charge on any atom is 0.153 e. The van der Waals surface area contributed by atoms with Crippen LogP contribution in [-0.4, -0.2) is 27.9 Å². The van der Waals surface area contributed by atoms with Gasteiger partial charge in [-0.1, -0.05) is 13.8 Å². The van der Waals surface area contributed by atoms with Gasteiger partial charge in [-0.15, -0.1) is 0 Å². The minimum absolute atomic E-state index is 0.425. The molecule has 0 spiro atoms. The van der Waals surface area contributed by atoms with Gasteiger partial charge in [0.15, 0.2) is 5.82 Å². The number of hydrogen-bond donors (Lipinski definition) is 1. The second-order valence-corrected chi connectivity index (χ2v) is 4.39. The lowest BCUT2D eigenvalue weighted by Crippen LogP contribution is -2.43. The highest BCUT2D eigenvalue weighted by atomic mass is 15.3. The van der Waals surface area contributed by atoms with E-state index in [4.69, 9.17) is 0 Å². The number of aryl methyl sites for hydroxylation is 1. The zero-order valence-electron chi connectivity index (χ0n) is 9.12. The van der Waals surface area contributed by atoms with E-state index in [-0.39, 0.29) is 0 Å². The summed E-state index contributed by atoms with van der Waals surface area (Å²) in [7, 11) is 1.99. The van der Waals surface area contributed by atoms with E-state index in [9.17, 15) is 0 Å². The lowest BCUT2D eigenvalue weighted by Gasteiger charge is -2.26. The third-order valence-electron chi connectivity index (χ3n) is 2.72. The van der Waals surface area contributed by atoms with E-state index >= 15 is 0 Å². The van der Waals surface area contributed by atoms with Crippen molar-refractivity contribution in [2.24, 2.45) is 13.0 Å². The number of aromatic nitrogens is 3. The van der Waals surface area contributed by atoms with Gasteiger partial charge >= 0.3 is 0 Å². The van der Waals surface area contributed by atoms with Crippen molar-refractivity contribution < 1.29 is 0 Å². The van der Waals surface area contributed by atoms with E-state index in [0.717, 1.165) is 37.1 Å². The van der Waals surface area contributed by atoms with Gasteiger partial charge in [-0.2, -0.15) is 5.10 Å². The molecule has 0 aromatic carbocycles. The summed E-state index contributed by atoms with van der Waals surface area (Å²) in [6.45, 7) is 6.52. The molecule has 1 N–H and O–H groups in total. The monoisotopic (exact) mass is 194 g/mol. The Morgan fingerprint density at radius 2 is 2.21 bits per heavy atom. The Balaban J connectivity index is 2.08. The van der Waals surface area contributed by atoms with Gasteiger partial charge in [0.1, 0.15) is 5.82 Å². The number of nitrogens with one attached hydrogen (secondary N) is 1. The molecule has 0 saturated carbocycles. The molecular weight excluding hydrogens is 176 g/mol. The van der Waals surface area contributed by atoms with Crippen molar-refractivity contribution in [3.63, 3.8) is 0 Å². The van der Waals surface area contributed by atoms with E-state index in [1.807, 2.05) is 11.7 Å². The highest BCUT2D eigenvalue weighted by Crippen LogP contribution is 2.14. The Bertz CT molecular complexity index is 312. The van der Waals surface area contributed by atoms with Crippen LogP contribution in [0.15, 0.2) is 0 Å². The molecule has 0 aliphatic carbocycles. The molecule has 14 heavy (non-hydrogen) atoms. The average molecular weight is 194 g/mol. The molecule has 1 saturated heterocycles. The Labute approximate surface area is 84.7 Å². The average Bonchev–Trinajstić information content (AvgIpc) is 2.40. The molecule has 1 aliphatic rings. The van der Waals surface area contributed by atoms with E-state index in [0.29, 0.717) is 5.92 Å². The van der Waals surface area contributed by atoms with E-state index in [1.165, 1.54) is 0 Å². The van der Waals surface area contributed by atoms with Crippen LogP contribution in [0.1, 0.15) is 31.4 Å². The normalized spacial score (nSPS) is 17.4. The zero-order chi connectivity index (χ0) is 10.1. The Morgan fingerprint density at radius 3 is 2.64 bits per heavy atom. The van der Waals surface area contributed by atoms with Crippen molar-refractivity contribution in [3.05, 3.63) is 11.6 Å². The van der Waals surface area contributed by atoms with Crippen molar-refractivity contribution in [3.8, 4) is 0 Å². The molecule has 1 aromatic heterocycles. The largest absolute Gasteiger partial charge is 0.316 e. The van der Waals surface area contributed by atoms with Crippen molar-refractivity contribution in [1.82, 2.24) is 20.1 Å². The number of rotatable bonds is 3. The zero-order valence-corrected chi connectivity index (χ0v) is 9.12. The summed E-state index contributed by atoms with van der Waals surface area (Å²) in [5.41, 5.74) is 0. The standard InChI is InChI=1S/C10H18N4/c1-7(2)10-12-9(14(3)13-10)4-8-5-11-6-8/h7-8,11H,4-6H2,1-3H3. The molecule has 4 heteroatoms. The summed E-state index contributed by atoms with van der Waals surface area (Å²) in [6.07, 6.45) is 1.06. The molecule has 1 aromatic rings. The van der Waals surface area contributed by atoms with Crippen LogP contribution in [-0.2, 0) is 13.5 Å². The fraction of sp³-hybridized carbons (Fsp3) is 0.800. The SMILES string of the molecule is CC(C)c1nc(CC2CNC2)n(C)n1. The van der Waals surface area contributed by atoms with Crippen molar-refractivity contribution >= 4 is 0 Å². The van der Waals surface area contributed by atoms with E-state index in [1.54, 1.807) is 0 Å². The van der Waals surface area contributed by atoms with E-state index in [2.05, 4.69) is 29.2 Å². The van der Waals surface area contributed by atoms with Crippen LogP contribution in [0.3, 0.4) is 0 Å². The molecule has 0 atom stereocenters. The van der Waals surface area contributed by atoms with Gasteiger partial charge in [0.05, 0.1) is 0 Å². The lowest BCUT2D eigenvalue weighted by molar-refractivity contribution is 0.337. The number of hydrogen-bond acceptors (Lipinski definition) is 3. The highest BCUT2D eigenvalue weighted by molar-refractivity contribution is 4.99. The first kappa shape index (κ1) is 9.65. The van der Waals surface area contributed by atoms with Crippen LogP contribution in [0.5, 0.6) is 0 Å². The van der Waals surface area contributed by atoms with Crippen LogP contribution in [0.4, 0.5) is 0 Å². The predicted molar refractivity (Wildman–Crippen MR) is 55.2 cm³/mol. The van der Waals surface area contributed by atoms with Gasteiger partial charge in [0.2, 0.25) is 0 Å². The van der Waals surface area contributed by atoms with Crippen LogP contribution >= 0.6 is 0 Å². The summed E-state index contributed by atoms with van der Waals surface area (Å²) in [5.74, 6) is 3.28. The summed E-state index contributed by atoms with van der Waals surface area (Å²) >= 11 is 0. The minimum Gasteiger partial charge on any atom is -0.316 e. The molecule has 0 unspecified atom stereocenters. The van der Waals surface area contributed by atoms with Gasteiger partial charge in [-0.25, -0.2) is 4.98 Å². The molecule has 0 bridgehead atoms. The smallest absolute Gasteiger partial charge is 0.153 e. The van der Waals surface area contributed by atoms with Crippen LogP contribution in [0.2, 0.25) is 0 Å². The fourth-order valence-electron chi connectivity index (χ4n) is 1.61. The Morgan fingerprint density at radius 1 is 1.50 bits per heavy atom. The molecule has 4 nitrogen and oxygen atoms in total. The van der Waals surface area contributed by atoms with Gasteiger partial charge in [0.25, 0.3) is 0 Å². The van der Waals surface area contributed by atoms with Crippen LogP contribution in [0.25, 0.3) is 0 Å². The highest BCUT2D eigenvalue weighted by Gasteiger charge is 2.20. The molecule has 78 valence electrons. The second-order valence-electron chi connectivity index (χ2n) is 4.39. The summed E-state index contributed by atoms with van der Waals surface area (Å²) in [5, 5.41) is 7.68. The molecule has 1 aliphatic heterocycles. The second kappa shape index (κ2) is 3.69. The molecule has 2 heterocycles. The van der Waals surface area contributed by atoms with Gasteiger partial charge in [-0.3, -0.25) is 4.68 Å². The molecular formula is C10H18N4. The maximum absolute atomic E-state index is 4.56. The Hall–Kier alpha value is -0.900.